The molecule has 0 bridgehead atoms. The summed E-state index contributed by atoms with van der Waals surface area (Å²) in [6.45, 7) is 4.67. The largest absolute Gasteiger partial charge is 0.381 e. The number of nitrogens with zero attached hydrogens (tertiary/aromatic N) is 2. The monoisotopic (exact) mass is 179 g/mol. The molecule has 0 saturated carbocycles. The summed E-state index contributed by atoms with van der Waals surface area (Å²) in [5.41, 5.74) is 1.13. The zero-order valence-electron chi connectivity index (χ0n) is 7.66. The van der Waals surface area contributed by atoms with Crippen molar-refractivity contribution in [3.8, 4) is 0 Å². The van der Waals surface area contributed by atoms with Crippen molar-refractivity contribution in [2.45, 2.75) is 6.92 Å². The molecule has 13 heavy (non-hydrogen) atoms. The molecule has 1 aromatic rings. The van der Waals surface area contributed by atoms with E-state index >= 15 is 0 Å². The molecule has 0 atom stereocenters. The Morgan fingerprint density at radius 2 is 2.46 bits per heavy atom. The van der Waals surface area contributed by atoms with Crippen molar-refractivity contribution in [3.05, 3.63) is 17.8 Å². The Bertz CT molecular complexity index is 286. The fraction of sp³-hybridized carbons (Fsp3) is 0.556. The van der Waals surface area contributed by atoms with Gasteiger partial charge < -0.3 is 10.1 Å². The Kier molecular flexibility index (Phi) is 2.40. The van der Waals surface area contributed by atoms with Gasteiger partial charge >= 0.3 is 0 Å². The molecule has 2 rings (SSSR count). The quantitative estimate of drug-likeness (QED) is 0.747. The van der Waals surface area contributed by atoms with Crippen molar-refractivity contribution in [2.75, 3.05) is 25.1 Å². The van der Waals surface area contributed by atoms with Gasteiger partial charge in [-0.15, -0.1) is 5.10 Å². The molecular formula is C9H13N3O. The van der Waals surface area contributed by atoms with Crippen LogP contribution in [0.5, 0.6) is 0 Å². The molecule has 0 amide bonds. The number of hydrogen-bond acceptors (Lipinski definition) is 4. The van der Waals surface area contributed by atoms with Gasteiger partial charge in [0.15, 0.2) is 0 Å². The van der Waals surface area contributed by atoms with E-state index in [2.05, 4.69) is 15.5 Å². The second-order valence-electron chi connectivity index (χ2n) is 3.40. The molecule has 70 valence electrons. The first kappa shape index (κ1) is 8.44. The lowest BCUT2D eigenvalue weighted by molar-refractivity contribution is -0.0248. The van der Waals surface area contributed by atoms with Gasteiger partial charge in [0.2, 0.25) is 0 Å². The minimum atomic E-state index is 0.641. The first-order valence-electron chi connectivity index (χ1n) is 4.45. The van der Waals surface area contributed by atoms with Crippen LogP contribution in [0.1, 0.15) is 5.56 Å². The van der Waals surface area contributed by atoms with Crippen LogP contribution >= 0.6 is 0 Å². The predicted octanol–water partition coefficient (Wildman–Crippen LogP) is 0.843. The second kappa shape index (κ2) is 3.70. The number of aromatic nitrogens is 2. The average Bonchev–Trinajstić information content (AvgIpc) is 2.01. The lowest BCUT2D eigenvalue weighted by Gasteiger charge is -2.25. The highest BCUT2D eigenvalue weighted by Crippen LogP contribution is 2.11. The summed E-state index contributed by atoms with van der Waals surface area (Å²) in [7, 11) is 0. The number of nitrogens with one attached hydrogen (secondary N) is 1. The van der Waals surface area contributed by atoms with Crippen molar-refractivity contribution in [2.24, 2.45) is 5.92 Å². The van der Waals surface area contributed by atoms with Crippen LogP contribution in [0.4, 0.5) is 5.82 Å². The van der Waals surface area contributed by atoms with Crippen LogP contribution in [-0.4, -0.2) is 30.0 Å². The van der Waals surface area contributed by atoms with Gasteiger partial charge in [0.25, 0.3) is 0 Å². The summed E-state index contributed by atoms with van der Waals surface area (Å²) in [6.07, 6.45) is 1.75. The standard InChI is InChI=1S/C9H13N3O/c1-7-2-9(12-11-3-7)10-4-8-5-13-6-8/h2-3,8H,4-6H2,1H3,(H,10,12). The lowest BCUT2D eigenvalue weighted by atomic mass is 10.1. The minimum absolute atomic E-state index is 0.641. The Balaban J connectivity index is 1.86. The van der Waals surface area contributed by atoms with Crippen LogP contribution in [0.15, 0.2) is 12.3 Å². The lowest BCUT2D eigenvalue weighted by Crippen LogP contribution is -2.33. The average molecular weight is 179 g/mol. The van der Waals surface area contributed by atoms with E-state index in [0.29, 0.717) is 5.92 Å². The van der Waals surface area contributed by atoms with Gasteiger partial charge in [-0.05, 0) is 18.6 Å². The first-order valence-corrected chi connectivity index (χ1v) is 4.45. The molecule has 1 N–H and O–H groups in total. The van der Waals surface area contributed by atoms with Crippen LogP contribution in [-0.2, 0) is 4.74 Å². The predicted molar refractivity (Wildman–Crippen MR) is 49.6 cm³/mol. The molecule has 1 saturated heterocycles. The highest BCUT2D eigenvalue weighted by molar-refractivity contribution is 5.34. The highest BCUT2D eigenvalue weighted by Gasteiger charge is 2.17. The maximum absolute atomic E-state index is 5.07. The molecule has 1 aliphatic rings. The molecule has 0 aliphatic carbocycles. The maximum Gasteiger partial charge on any atom is 0.148 e. The molecule has 0 unspecified atom stereocenters. The SMILES string of the molecule is Cc1cnnc(NCC2COC2)c1. The summed E-state index contributed by atoms with van der Waals surface area (Å²) in [5, 5.41) is 11.1. The van der Waals surface area contributed by atoms with E-state index in [1.807, 2.05) is 13.0 Å². The van der Waals surface area contributed by atoms with Crippen LogP contribution < -0.4 is 5.32 Å². The molecule has 0 spiro atoms. The highest BCUT2D eigenvalue weighted by atomic mass is 16.5. The van der Waals surface area contributed by atoms with Gasteiger partial charge in [0, 0.05) is 12.5 Å². The summed E-state index contributed by atoms with van der Waals surface area (Å²) in [5.74, 6) is 1.49. The fourth-order valence-corrected chi connectivity index (χ4v) is 1.20. The minimum Gasteiger partial charge on any atom is -0.381 e. The summed E-state index contributed by atoms with van der Waals surface area (Å²) in [4.78, 5) is 0. The number of anilines is 1. The maximum atomic E-state index is 5.07. The van der Waals surface area contributed by atoms with Crippen LogP contribution in [0.2, 0.25) is 0 Å². The van der Waals surface area contributed by atoms with E-state index in [1.54, 1.807) is 6.20 Å². The third-order valence-electron chi connectivity index (χ3n) is 2.07. The van der Waals surface area contributed by atoms with Crippen LogP contribution in [0.25, 0.3) is 0 Å². The van der Waals surface area contributed by atoms with Crippen molar-refractivity contribution < 1.29 is 4.74 Å². The molecule has 1 fully saturated rings. The molecular weight excluding hydrogens is 166 g/mol. The molecule has 4 heteroatoms. The van der Waals surface area contributed by atoms with Gasteiger partial charge in [-0.1, -0.05) is 0 Å². The first-order chi connectivity index (χ1) is 6.34. The molecule has 1 aromatic heterocycles. The van der Waals surface area contributed by atoms with Crippen molar-refractivity contribution in [3.63, 3.8) is 0 Å². The Hall–Kier alpha value is -1.16. The number of rotatable bonds is 3. The molecule has 2 heterocycles. The van der Waals surface area contributed by atoms with E-state index in [4.69, 9.17) is 4.74 Å². The zero-order chi connectivity index (χ0) is 9.10. The van der Waals surface area contributed by atoms with Crippen LogP contribution in [0, 0.1) is 12.8 Å². The van der Waals surface area contributed by atoms with Crippen molar-refractivity contribution in [1.82, 2.24) is 10.2 Å². The third-order valence-corrected chi connectivity index (χ3v) is 2.07. The van der Waals surface area contributed by atoms with E-state index in [0.717, 1.165) is 31.1 Å². The topological polar surface area (TPSA) is 47.0 Å². The smallest absolute Gasteiger partial charge is 0.148 e. The summed E-state index contributed by atoms with van der Waals surface area (Å²) < 4.78 is 5.07. The molecule has 0 radical (unpaired) electrons. The summed E-state index contributed by atoms with van der Waals surface area (Å²) >= 11 is 0. The number of ether oxygens (including phenoxy) is 1. The van der Waals surface area contributed by atoms with Crippen LogP contribution in [0.3, 0.4) is 0 Å². The van der Waals surface area contributed by atoms with E-state index in [1.165, 1.54) is 0 Å². The van der Waals surface area contributed by atoms with Gasteiger partial charge in [-0.3, -0.25) is 0 Å². The number of hydrogen-bond donors (Lipinski definition) is 1. The third kappa shape index (κ3) is 2.15. The second-order valence-corrected chi connectivity index (χ2v) is 3.40. The van der Waals surface area contributed by atoms with Gasteiger partial charge in [0.1, 0.15) is 5.82 Å². The fourth-order valence-electron chi connectivity index (χ4n) is 1.20. The molecule has 4 nitrogen and oxygen atoms in total. The van der Waals surface area contributed by atoms with Crippen molar-refractivity contribution >= 4 is 5.82 Å². The van der Waals surface area contributed by atoms with Gasteiger partial charge in [-0.2, -0.15) is 5.10 Å². The zero-order valence-corrected chi connectivity index (χ0v) is 7.66. The summed E-state index contributed by atoms with van der Waals surface area (Å²) in [6, 6.07) is 1.99. The van der Waals surface area contributed by atoms with E-state index in [-0.39, 0.29) is 0 Å². The molecule has 1 aliphatic heterocycles. The van der Waals surface area contributed by atoms with Gasteiger partial charge in [-0.25, -0.2) is 0 Å². The number of aryl methyl sites for hydroxylation is 1. The molecule has 0 aromatic carbocycles. The van der Waals surface area contributed by atoms with Crippen molar-refractivity contribution in [1.29, 1.82) is 0 Å². The Morgan fingerprint density at radius 3 is 3.08 bits per heavy atom. The normalized spacial score (nSPS) is 16.7. The Morgan fingerprint density at radius 1 is 1.62 bits per heavy atom. The van der Waals surface area contributed by atoms with E-state index in [9.17, 15) is 0 Å². The van der Waals surface area contributed by atoms with Gasteiger partial charge in [0.05, 0.1) is 19.4 Å². The van der Waals surface area contributed by atoms with E-state index < -0.39 is 0 Å². The Labute approximate surface area is 77.3 Å².